The molecule has 0 saturated heterocycles. The zero-order valence-electron chi connectivity index (χ0n) is 13.5. The van der Waals surface area contributed by atoms with Crippen molar-refractivity contribution >= 4 is 35.0 Å². The van der Waals surface area contributed by atoms with E-state index < -0.39 is 0 Å². The Kier molecular flexibility index (Phi) is 6.25. The fourth-order valence-electron chi connectivity index (χ4n) is 2.33. The first-order valence-electron chi connectivity index (χ1n) is 7.63. The van der Waals surface area contributed by atoms with Gasteiger partial charge in [0.1, 0.15) is 10.9 Å². The number of imidazole rings is 1. The molecule has 0 amide bonds. The van der Waals surface area contributed by atoms with Gasteiger partial charge in [0.2, 0.25) is 0 Å². The molecule has 0 bridgehead atoms. The normalized spacial score (nSPS) is 11.4. The second kappa shape index (κ2) is 7.76. The molecule has 0 aliphatic heterocycles. The van der Waals surface area contributed by atoms with Gasteiger partial charge in [0.25, 0.3) is 0 Å². The predicted molar refractivity (Wildman–Crippen MR) is 96.5 cm³/mol. The standard InChI is InChI=1S/C17H22Cl2N2S/c1-5-6-7-21-12(4)20-16(11(2)3)17(21)22-15-9-13(18)8-14(19)10-15/h8-11H,5-7H2,1-4H3. The van der Waals surface area contributed by atoms with Crippen molar-refractivity contribution in [2.45, 2.75) is 62.9 Å². The maximum atomic E-state index is 6.13. The summed E-state index contributed by atoms with van der Waals surface area (Å²) in [5.41, 5.74) is 1.15. The third kappa shape index (κ3) is 4.21. The van der Waals surface area contributed by atoms with Crippen molar-refractivity contribution in [3.05, 3.63) is 39.8 Å². The number of hydrogen-bond acceptors (Lipinski definition) is 2. The maximum absolute atomic E-state index is 6.13. The average Bonchev–Trinajstić information content (AvgIpc) is 2.72. The first-order valence-corrected chi connectivity index (χ1v) is 9.20. The zero-order chi connectivity index (χ0) is 16.3. The fraction of sp³-hybridized carbons (Fsp3) is 0.471. The number of benzene rings is 1. The molecule has 1 aromatic carbocycles. The molecule has 0 fully saturated rings. The van der Waals surface area contributed by atoms with Gasteiger partial charge < -0.3 is 4.57 Å². The lowest BCUT2D eigenvalue weighted by Gasteiger charge is -2.12. The molecule has 1 aromatic heterocycles. The SMILES string of the molecule is CCCCn1c(C)nc(C(C)C)c1Sc1cc(Cl)cc(Cl)c1. The van der Waals surface area contributed by atoms with Crippen molar-refractivity contribution in [3.8, 4) is 0 Å². The number of halogens is 2. The van der Waals surface area contributed by atoms with E-state index in [9.17, 15) is 0 Å². The molecule has 0 aliphatic rings. The van der Waals surface area contributed by atoms with Crippen molar-refractivity contribution in [1.82, 2.24) is 9.55 Å². The van der Waals surface area contributed by atoms with Crippen LogP contribution in [0.2, 0.25) is 10.0 Å². The summed E-state index contributed by atoms with van der Waals surface area (Å²) in [6, 6.07) is 5.67. The maximum Gasteiger partial charge on any atom is 0.106 e. The summed E-state index contributed by atoms with van der Waals surface area (Å²) in [6.45, 7) is 9.65. The number of rotatable bonds is 6. The Morgan fingerprint density at radius 2 is 1.82 bits per heavy atom. The van der Waals surface area contributed by atoms with E-state index in [1.165, 1.54) is 11.4 Å². The first-order chi connectivity index (χ1) is 10.4. The number of nitrogens with zero attached hydrogens (tertiary/aromatic N) is 2. The van der Waals surface area contributed by atoms with Crippen LogP contribution in [0.4, 0.5) is 0 Å². The van der Waals surface area contributed by atoms with Crippen molar-refractivity contribution in [2.24, 2.45) is 0 Å². The molecule has 0 aliphatic carbocycles. The lowest BCUT2D eigenvalue weighted by atomic mass is 10.1. The molecule has 5 heteroatoms. The Hall–Kier alpha value is -0.640. The van der Waals surface area contributed by atoms with Crippen LogP contribution >= 0.6 is 35.0 Å². The molecule has 2 nitrogen and oxygen atoms in total. The summed E-state index contributed by atoms with van der Waals surface area (Å²) < 4.78 is 2.32. The minimum atomic E-state index is 0.388. The molecule has 0 spiro atoms. The molecule has 0 radical (unpaired) electrons. The van der Waals surface area contributed by atoms with Crippen molar-refractivity contribution < 1.29 is 0 Å². The number of hydrogen-bond donors (Lipinski definition) is 0. The minimum absolute atomic E-state index is 0.388. The summed E-state index contributed by atoms with van der Waals surface area (Å²) in [4.78, 5) is 5.83. The second-order valence-electron chi connectivity index (χ2n) is 5.72. The van der Waals surface area contributed by atoms with Crippen LogP contribution in [0.15, 0.2) is 28.1 Å². The molecule has 0 unspecified atom stereocenters. The van der Waals surface area contributed by atoms with Crippen LogP contribution in [0.3, 0.4) is 0 Å². The highest BCUT2D eigenvalue weighted by Gasteiger charge is 2.18. The molecular formula is C17H22Cl2N2S. The third-order valence-electron chi connectivity index (χ3n) is 3.47. The largest absolute Gasteiger partial charge is 0.323 e. The molecule has 0 atom stereocenters. The van der Waals surface area contributed by atoms with Crippen LogP contribution in [-0.4, -0.2) is 9.55 Å². The van der Waals surface area contributed by atoms with Gasteiger partial charge in [-0.05, 0) is 37.5 Å². The third-order valence-corrected chi connectivity index (χ3v) is 5.00. The van der Waals surface area contributed by atoms with E-state index in [1.807, 2.05) is 12.1 Å². The van der Waals surface area contributed by atoms with Crippen LogP contribution in [0.5, 0.6) is 0 Å². The summed E-state index contributed by atoms with van der Waals surface area (Å²) in [5.74, 6) is 1.46. The molecular weight excluding hydrogens is 335 g/mol. The Labute approximate surface area is 147 Å². The molecule has 22 heavy (non-hydrogen) atoms. The van der Waals surface area contributed by atoms with E-state index in [2.05, 4.69) is 32.3 Å². The van der Waals surface area contributed by atoms with Crippen LogP contribution in [-0.2, 0) is 6.54 Å². The summed E-state index contributed by atoms with van der Waals surface area (Å²) >= 11 is 14.0. The quantitative estimate of drug-likeness (QED) is 0.582. The van der Waals surface area contributed by atoms with Crippen LogP contribution in [0, 0.1) is 6.92 Å². The van der Waals surface area contributed by atoms with E-state index in [1.54, 1.807) is 17.8 Å². The lowest BCUT2D eigenvalue weighted by Crippen LogP contribution is -2.02. The number of aryl methyl sites for hydroxylation is 1. The predicted octanol–water partition coefficient (Wildman–Crippen LogP) is 6.57. The highest BCUT2D eigenvalue weighted by molar-refractivity contribution is 7.99. The average molecular weight is 357 g/mol. The van der Waals surface area contributed by atoms with E-state index in [0.717, 1.165) is 29.4 Å². The van der Waals surface area contributed by atoms with E-state index in [0.29, 0.717) is 16.0 Å². The van der Waals surface area contributed by atoms with Crippen molar-refractivity contribution in [3.63, 3.8) is 0 Å². The topological polar surface area (TPSA) is 17.8 Å². The smallest absolute Gasteiger partial charge is 0.106 e. The van der Waals surface area contributed by atoms with Crippen LogP contribution in [0.1, 0.15) is 51.0 Å². The number of aromatic nitrogens is 2. The van der Waals surface area contributed by atoms with Gasteiger partial charge in [-0.25, -0.2) is 4.98 Å². The van der Waals surface area contributed by atoms with E-state index >= 15 is 0 Å². The van der Waals surface area contributed by atoms with Gasteiger partial charge in [-0.2, -0.15) is 0 Å². The van der Waals surface area contributed by atoms with Crippen LogP contribution in [0.25, 0.3) is 0 Å². The monoisotopic (exact) mass is 356 g/mol. The van der Waals surface area contributed by atoms with Crippen molar-refractivity contribution in [2.75, 3.05) is 0 Å². The van der Waals surface area contributed by atoms with Gasteiger partial charge in [0, 0.05) is 21.5 Å². The molecule has 0 N–H and O–H groups in total. The Balaban J connectivity index is 2.42. The first kappa shape index (κ1) is 17.7. The van der Waals surface area contributed by atoms with Gasteiger partial charge in [-0.15, -0.1) is 0 Å². The van der Waals surface area contributed by atoms with Crippen LogP contribution < -0.4 is 0 Å². The number of unbranched alkanes of at least 4 members (excludes halogenated alkanes) is 1. The fourth-order valence-corrected chi connectivity index (χ4v) is 4.30. The lowest BCUT2D eigenvalue weighted by molar-refractivity contribution is 0.578. The zero-order valence-corrected chi connectivity index (χ0v) is 15.8. The van der Waals surface area contributed by atoms with Crippen molar-refractivity contribution in [1.29, 1.82) is 0 Å². The van der Waals surface area contributed by atoms with Gasteiger partial charge >= 0.3 is 0 Å². The van der Waals surface area contributed by atoms with Gasteiger partial charge in [-0.3, -0.25) is 0 Å². The summed E-state index contributed by atoms with van der Waals surface area (Å²) in [5, 5.41) is 2.54. The Morgan fingerprint density at radius 3 is 2.36 bits per heavy atom. The summed E-state index contributed by atoms with van der Waals surface area (Å²) in [6.07, 6.45) is 2.32. The molecule has 2 rings (SSSR count). The summed E-state index contributed by atoms with van der Waals surface area (Å²) in [7, 11) is 0. The molecule has 1 heterocycles. The van der Waals surface area contributed by atoms with Gasteiger partial charge in [0.05, 0.1) is 5.69 Å². The Bertz CT molecular complexity index is 630. The van der Waals surface area contributed by atoms with E-state index in [4.69, 9.17) is 28.2 Å². The molecule has 0 saturated carbocycles. The Morgan fingerprint density at radius 1 is 1.18 bits per heavy atom. The van der Waals surface area contributed by atoms with Gasteiger partial charge in [0.15, 0.2) is 0 Å². The molecule has 2 aromatic rings. The van der Waals surface area contributed by atoms with Gasteiger partial charge in [-0.1, -0.05) is 62.2 Å². The van der Waals surface area contributed by atoms with E-state index in [-0.39, 0.29) is 0 Å². The molecule has 120 valence electrons. The minimum Gasteiger partial charge on any atom is -0.323 e. The highest BCUT2D eigenvalue weighted by atomic mass is 35.5. The second-order valence-corrected chi connectivity index (χ2v) is 7.65. The highest BCUT2D eigenvalue weighted by Crippen LogP contribution is 2.37.